The molecular formula is C22H35N4O9P. The SMILES string of the molecule is CC(=O)O[C@@H]1[C@H](OC(C)=O)[C@@H](CO[PH](O)(CCC#N)N(C(C)C)C(C)C)O[C@H]1n1ccc(=O)[nH]c1=O. The number of carbonyl (C=O) groups is 2. The van der Waals surface area contributed by atoms with Crippen molar-refractivity contribution in [1.29, 1.82) is 5.26 Å². The summed E-state index contributed by atoms with van der Waals surface area (Å²) in [5.74, 6) is -1.40. The molecule has 2 N–H and O–H groups in total. The Balaban J connectivity index is 2.45. The van der Waals surface area contributed by atoms with Crippen molar-refractivity contribution in [2.45, 2.75) is 84.6 Å². The number of nitrogens with one attached hydrogen (secondary N) is 1. The molecule has 1 saturated heterocycles. The summed E-state index contributed by atoms with van der Waals surface area (Å²) in [6, 6.07) is 2.92. The van der Waals surface area contributed by atoms with Crippen molar-refractivity contribution in [3.05, 3.63) is 33.1 Å². The Bertz CT molecular complexity index is 1070. The molecule has 0 radical (unpaired) electrons. The van der Waals surface area contributed by atoms with E-state index in [1.165, 1.54) is 13.1 Å². The van der Waals surface area contributed by atoms with E-state index in [-0.39, 0.29) is 31.3 Å². The van der Waals surface area contributed by atoms with Crippen LogP contribution in [-0.2, 0) is 28.3 Å². The third-order valence-corrected chi connectivity index (χ3v) is 8.94. The number of aromatic amines is 1. The van der Waals surface area contributed by atoms with Crippen LogP contribution in [0.25, 0.3) is 0 Å². The zero-order valence-electron chi connectivity index (χ0n) is 21.3. The Hall–Kier alpha value is -2.62. The fraction of sp³-hybridized carbons (Fsp3) is 0.682. The predicted octanol–water partition coefficient (Wildman–Crippen LogP) is 0.834. The van der Waals surface area contributed by atoms with E-state index in [9.17, 15) is 24.1 Å². The van der Waals surface area contributed by atoms with Gasteiger partial charge < -0.3 is 0 Å². The predicted molar refractivity (Wildman–Crippen MR) is 130 cm³/mol. The van der Waals surface area contributed by atoms with Crippen molar-refractivity contribution in [3.63, 3.8) is 0 Å². The molecule has 202 valence electrons. The normalized spacial score (nSPS) is 22.6. The van der Waals surface area contributed by atoms with Crippen LogP contribution in [0.3, 0.4) is 0 Å². The first-order chi connectivity index (χ1) is 16.8. The zero-order valence-corrected chi connectivity index (χ0v) is 22.3. The van der Waals surface area contributed by atoms with Crippen LogP contribution in [0, 0.1) is 11.3 Å². The number of esters is 2. The minimum absolute atomic E-state index is 0.0586. The van der Waals surface area contributed by atoms with Gasteiger partial charge in [0.1, 0.15) is 0 Å². The van der Waals surface area contributed by atoms with Crippen molar-refractivity contribution in [2.75, 3.05) is 12.8 Å². The molecule has 0 aliphatic carbocycles. The van der Waals surface area contributed by atoms with Gasteiger partial charge >= 0.3 is 209 Å². The Kier molecular flexibility index (Phi) is 10.3. The van der Waals surface area contributed by atoms with Gasteiger partial charge in [0.2, 0.25) is 0 Å². The fourth-order valence-electron chi connectivity index (χ4n) is 4.46. The maximum absolute atomic E-state index is 12.4. The molecule has 0 spiro atoms. The van der Waals surface area contributed by atoms with Crippen LogP contribution in [-0.4, -0.2) is 74.2 Å². The number of nitrogens with zero attached hydrogens (tertiary/aromatic N) is 3. The first kappa shape index (κ1) is 29.6. The van der Waals surface area contributed by atoms with Crippen molar-refractivity contribution < 1.29 is 33.2 Å². The molecule has 1 fully saturated rings. The standard InChI is InChI=1S/C22H35N4O9P/c1-13(2)26(14(3)4)36(31,11-7-9-23)32-12-17-19(33-15(5)27)20(34-16(6)28)21(35-17)25-10-8-18(29)24-22(25)30/h8,10,13-14,17,19-21,31,36H,7,11-12H2,1-6H3,(H,24,29,30)/t17-,19-,20-,21-/m1/s1. The summed E-state index contributed by atoms with van der Waals surface area (Å²) in [7, 11) is -3.67. The second kappa shape index (κ2) is 12.6. The third-order valence-electron chi connectivity index (χ3n) is 5.57. The second-order valence-electron chi connectivity index (χ2n) is 9.04. The van der Waals surface area contributed by atoms with Gasteiger partial charge in [-0.2, -0.15) is 0 Å². The molecule has 1 aromatic rings. The number of hydrogen-bond donors (Lipinski definition) is 2. The van der Waals surface area contributed by atoms with Crippen molar-refractivity contribution in [1.82, 2.24) is 14.2 Å². The quantitative estimate of drug-likeness (QED) is 0.306. The van der Waals surface area contributed by atoms with Crippen LogP contribution in [0.1, 0.15) is 54.2 Å². The first-order valence-corrected chi connectivity index (χ1v) is 13.6. The van der Waals surface area contributed by atoms with Gasteiger partial charge in [0.15, 0.2) is 0 Å². The van der Waals surface area contributed by atoms with E-state index in [1.54, 1.807) is 0 Å². The van der Waals surface area contributed by atoms with E-state index < -0.39 is 55.6 Å². The molecule has 2 rings (SSSR count). The Labute approximate surface area is 209 Å². The Morgan fingerprint density at radius 3 is 2.28 bits per heavy atom. The third kappa shape index (κ3) is 7.21. The fourth-order valence-corrected chi connectivity index (χ4v) is 7.49. The summed E-state index contributed by atoms with van der Waals surface area (Å²) in [6.45, 7) is 9.63. The number of nitriles is 1. The molecule has 0 unspecified atom stereocenters. The number of rotatable bonds is 11. The van der Waals surface area contributed by atoms with Gasteiger partial charge in [-0.1, -0.05) is 0 Å². The molecule has 0 amide bonds. The summed E-state index contributed by atoms with van der Waals surface area (Å²) in [5, 5.41) is 9.13. The molecule has 1 aromatic heterocycles. The molecule has 1 aliphatic heterocycles. The molecule has 0 saturated carbocycles. The molecule has 2 heterocycles. The molecular weight excluding hydrogens is 495 g/mol. The van der Waals surface area contributed by atoms with E-state index in [0.29, 0.717) is 0 Å². The molecule has 36 heavy (non-hydrogen) atoms. The zero-order chi connectivity index (χ0) is 27.2. The van der Waals surface area contributed by atoms with Crippen molar-refractivity contribution >= 4 is 19.8 Å². The second-order valence-corrected chi connectivity index (χ2v) is 11.8. The van der Waals surface area contributed by atoms with Crippen LogP contribution in [0.4, 0.5) is 0 Å². The minimum atomic E-state index is -3.67. The monoisotopic (exact) mass is 530 g/mol. The average molecular weight is 531 g/mol. The summed E-state index contributed by atoms with van der Waals surface area (Å²) >= 11 is 0. The first-order valence-electron chi connectivity index (χ1n) is 11.6. The summed E-state index contributed by atoms with van der Waals surface area (Å²) in [6.07, 6.45) is -3.40. The van der Waals surface area contributed by atoms with Crippen LogP contribution in [0.15, 0.2) is 21.9 Å². The molecule has 13 nitrogen and oxygen atoms in total. The van der Waals surface area contributed by atoms with E-state index in [4.69, 9.17) is 24.0 Å². The van der Waals surface area contributed by atoms with Gasteiger partial charge in [0, 0.05) is 0 Å². The number of ether oxygens (including phenoxy) is 3. The van der Waals surface area contributed by atoms with E-state index >= 15 is 0 Å². The van der Waals surface area contributed by atoms with Gasteiger partial charge in [-0.15, -0.1) is 0 Å². The summed E-state index contributed by atoms with van der Waals surface area (Å²) in [4.78, 5) is 61.4. The van der Waals surface area contributed by atoms with Crippen LogP contribution < -0.4 is 11.2 Å². The average Bonchev–Trinajstić information content (AvgIpc) is 3.06. The topological polar surface area (TPSA) is 173 Å². The number of aromatic nitrogens is 2. The van der Waals surface area contributed by atoms with Gasteiger partial charge in [0.25, 0.3) is 0 Å². The number of carbonyl (C=O) groups excluding carboxylic acids is 2. The molecule has 0 bridgehead atoms. The van der Waals surface area contributed by atoms with E-state index in [1.807, 2.05) is 38.4 Å². The Morgan fingerprint density at radius 2 is 1.78 bits per heavy atom. The number of hydrogen-bond acceptors (Lipinski definition) is 11. The van der Waals surface area contributed by atoms with E-state index in [0.717, 1.165) is 17.6 Å². The van der Waals surface area contributed by atoms with Crippen LogP contribution >= 0.6 is 7.87 Å². The van der Waals surface area contributed by atoms with Gasteiger partial charge in [-0.25, -0.2) is 0 Å². The summed E-state index contributed by atoms with van der Waals surface area (Å²) < 4.78 is 25.7. The van der Waals surface area contributed by atoms with Gasteiger partial charge in [-0.3, -0.25) is 0 Å². The van der Waals surface area contributed by atoms with Gasteiger partial charge in [0.05, 0.1) is 0 Å². The molecule has 1 aliphatic rings. The van der Waals surface area contributed by atoms with Crippen LogP contribution in [0.5, 0.6) is 0 Å². The van der Waals surface area contributed by atoms with Gasteiger partial charge in [-0.05, 0) is 0 Å². The number of H-pyrrole nitrogens is 1. The van der Waals surface area contributed by atoms with Crippen molar-refractivity contribution in [3.8, 4) is 6.07 Å². The summed E-state index contributed by atoms with van der Waals surface area (Å²) in [5.41, 5.74) is -1.45. The molecule has 0 aromatic carbocycles. The molecule has 4 atom stereocenters. The molecule has 14 heteroatoms. The van der Waals surface area contributed by atoms with Crippen molar-refractivity contribution in [2.24, 2.45) is 0 Å². The van der Waals surface area contributed by atoms with E-state index in [2.05, 4.69) is 4.98 Å². The Morgan fingerprint density at radius 1 is 1.19 bits per heavy atom. The maximum atomic E-state index is 12.4. The van der Waals surface area contributed by atoms with Crippen LogP contribution in [0.2, 0.25) is 0 Å².